The minimum absolute atomic E-state index is 0.128. The Morgan fingerprint density at radius 2 is 1.92 bits per heavy atom. The van der Waals surface area contributed by atoms with Crippen LogP contribution in [0.2, 0.25) is 0 Å². The van der Waals surface area contributed by atoms with Crippen LogP contribution in [0.25, 0.3) is 11.3 Å². The fourth-order valence-corrected chi connectivity index (χ4v) is 3.02. The maximum absolute atomic E-state index is 13.3. The van der Waals surface area contributed by atoms with Crippen LogP contribution in [-0.4, -0.2) is 46.1 Å². The van der Waals surface area contributed by atoms with Gasteiger partial charge in [-0.2, -0.15) is 13.2 Å². The van der Waals surface area contributed by atoms with E-state index >= 15 is 0 Å². The molecule has 3 rings (SSSR count). The summed E-state index contributed by atoms with van der Waals surface area (Å²) in [4.78, 5) is 28.9. The molecule has 0 radical (unpaired) electrons. The van der Waals surface area contributed by atoms with Crippen LogP contribution >= 0.6 is 0 Å². The smallest absolute Gasteiger partial charge is 0.406 e. The molecule has 1 aliphatic rings. The van der Waals surface area contributed by atoms with Gasteiger partial charge in [0.05, 0.1) is 0 Å². The van der Waals surface area contributed by atoms with Gasteiger partial charge in [-0.05, 0) is 6.42 Å². The van der Waals surface area contributed by atoms with Gasteiger partial charge in [-0.1, -0.05) is 30.3 Å². The molecule has 1 aromatic heterocycles. The van der Waals surface area contributed by atoms with Crippen molar-refractivity contribution in [1.29, 1.82) is 0 Å². The van der Waals surface area contributed by atoms with Gasteiger partial charge in [0.15, 0.2) is 22.8 Å². The Kier molecular flexibility index (Phi) is 4.25. The molecule has 1 amide bonds. The predicted molar refractivity (Wildman–Crippen MR) is 83.3 cm³/mol. The van der Waals surface area contributed by atoms with Crippen LogP contribution in [0.1, 0.15) is 22.8 Å². The number of aromatic nitrogens is 1. The molecule has 1 aliphatic heterocycles. The monoisotopic (exact) mass is 368 g/mol. The number of hydrogen-bond acceptors (Lipinski definition) is 4. The topological polar surface area (TPSA) is 83.6 Å². The molecular weight excluding hydrogens is 353 g/mol. The number of rotatable bonds is 3. The third kappa shape index (κ3) is 2.83. The van der Waals surface area contributed by atoms with Crippen LogP contribution in [0, 0.1) is 12.3 Å². The summed E-state index contributed by atoms with van der Waals surface area (Å²) in [7, 11) is 0. The van der Waals surface area contributed by atoms with Gasteiger partial charge in [-0.15, -0.1) is 0 Å². The number of hydrogen-bond donors (Lipinski definition) is 1. The van der Waals surface area contributed by atoms with Gasteiger partial charge in [0.25, 0.3) is 5.91 Å². The highest BCUT2D eigenvalue weighted by molar-refractivity contribution is 5.98. The van der Waals surface area contributed by atoms with Gasteiger partial charge in [0.1, 0.15) is 0 Å². The number of amides is 1. The van der Waals surface area contributed by atoms with E-state index in [1.165, 1.54) is 6.92 Å². The number of halogens is 3. The number of likely N-dealkylation sites (tertiary alicyclic amines) is 1. The highest BCUT2D eigenvalue weighted by atomic mass is 19.4. The van der Waals surface area contributed by atoms with E-state index in [4.69, 9.17) is 9.52 Å². The highest BCUT2D eigenvalue weighted by Crippen LogP contribution is 2.46. The first kappa shape index (κ1) is 18.0. The Bertz CT molecular complexity index is 847. The van der Waals surface area contributed by atoms with Crippen LogP contribution in [0.4, 0.5) is 13.2 Å². The molecule has 26 heavy (non-hydrogen) atoms. The van der Waals surface area contributed by atoms with Crippen molar-refractivity contribution in [2.75, 3.05) is 13.1 Å². The molecule has 1 aromatic carbocycles. The zero-order valence-electron chi connectivity index (χ0n) is 13.7. The van der Waals surface area contributed by atoms with Crippen molar-refractivity contribution >= 4 is 11.9 Å². The third-order valence-electron chi connectivity index (χ3n) is 4.48. The molecule has 0 bridgehead atoms. The normalized spacial score (nSPS) is 20.4. The van der Waals surface area contributed by atoms with E-state index in [-0.39, 0.29) is 23.9 Å². The summed E-state index contributed by atoms with van der Waals surface area (Å²) in [6, 6.07) is 8.56. The summed E-state index contributed by atoms with van der Waals surface area (Å²) in [5.74, 6) is -2.44. The lowest BCUT2D eigenvalue weighted by atomic mass is 9.86. The number of carbonyl (C=O) groups is 2. The fraction of sp³-hybridized carbons (Fsp3) is 0.353. The fourth-order valence-electron chi connectivity index (χ4n) is 3.02. The Hall–Kier alpha value is -2.84. The number of nitrogens with zero attached hydrogens (tertiary/aromatic N) is 2. The van der Waals surface area contributed by atoms with Crippen LogP contribution in [0.5, 0.6) is 0 Å². The van der Waals surface area contributed by atoms with Gasteiger partial charge in [-0.25, -0.2) is 4.98 Å². The van der Waals surface area contributed by atoms with Crippen molar-refractivity contribution < 1.29 is 32.3 Å². The molecule has 2 aromatic rings. The number of benzene rings is 1. The zero-order valence-corrected chi connectivity index (χ0v) is 13.7. The maximum Gasteiger partial charge on any atom is 0.406 e. The molecule has 1 saturated heterocycles. The van der Waals surface area contributed by atoms with Crippen molar-refractivity contribution in [3.63, 3.8) is 0 Å². The van der Waals surface area contributed by atoms with Crippen molar-refractivity contribution in [2.24, 2.45) is 5.41 Å². The van der Waals surface area contributed by atoms with Crippen molar-refractivity contribution in [2.45, 2.75) is 19.5 Å². The van der Waals surface area contributed by atoms with E-state index in [0.29, 0.717) is 5.56 Å². The Balaban J connectivity index is 1.94. The van der Waals surface area contributed by atoms with Crippen LogP contribution in [-0.2, 0) is 4.79 Å². The Labute approximate surface area is 146 Å². The summed E-state index contributed by atoms with van der Waals surface area (Å²) in [5, 5.41) is 9.11. The average molecular weight is 368 g/mol. The second-order valence-electron chi connectivity index (χ2n) is 6.14. The second kappa shape index (κ2) is 6.15. The Morgan fingerprint density at radius 3 is 2.46 bits per heavy atom. The number of aryl methyl sites for hydroxylation is 1. The first-order valence-electron chi connectivity index (χ1n) is 7.78. The van der Waals surface area contributed by atoms with E-state index < -0.39 is 36.4 Å². The lowest BCUT2D eigenvalue weighted by Gasteiger charge is -2.27. The predicted octanol–water partition coefficient (Wildman–Crippen LogP) is 3.13. The summed E-state index contributed by atoms with van der Waals surface area (Å²) < 4.78 is 45.4. The van der Waals surface area contributed by atoms with E-state index in [1.807, 2.05) is 0 Å². The largest absolute Gasteiger partial charge is 0.481 e. The number of alkyl halides is 3. The van der Waals surface area contributed by atoms with Gasteiger partial charge >= 0.3 is 12.1 Å². The van der Waals surface area contributed by atoms with Crippen molar-refractivity contribution in [3.8, 4) is 11.3 Å². The third-order valence-corrected chi connectivity index (χ3v) is 4.48. The number of carbonyl (C=O) groups excluding carboxylic acids is 1. The first-order valence-corrected chi connectivity index (χ1v) is 7.78. The molecular formula is C17H15F3N2O4. The second-order valence-corrected chi connectivity index (χ2v) is 6.14. The molecule has 1 unspecified atom stereocenters. The minimum Gasteiger partial charge on any atom is -0.481 e. The lowest BCUT2D eigenvalue weighted by Crippen LogP contribution is -2.47. The van der Waals surface area contributed by atoms with Crippen LogP contribution < -0.4 is 0 Å². The molecule has 9 heteroatoms. The summed E-state index contributed by atoms with van der Waals surface area (Å²) in [6.45, 7) is 0.236. The van der Waals surface area contributed by atoms with E-state index in [9.17, 15) is 22.8 Å². The number of aliphatic carboxylic acids is 1. The van der Waals surface area contributed by atoms with Crippen molar-refractivity contribution in [1.82, 2.24) is 9.88 Å². The molecule has 0 saturated carbocycles. The van der Waals surface area contributed by atoms with Crippen molar-refractivity contribution in [3.05, 3.63) is 41.9 Å². The summed E-state index contributed by atoms with van der Waals surface area (Å²) >= 11 is 0. The molecule has 6 nitrogen and oxygen atoms in total. The maximum atomic E-state index is 13.3. The van der Waals surface area contributed by atoms with Gasteiger partial charge in [-0.3, -0.25) is 9.59 Å². The van der Waals surface area contributed by atoms with E-state index in [1.54, 1.807) is 30.3 Å². The highest BCUT2D eigenvalue weighted by Gasteiger charge is 2.64. The average Bonchev–Trinajstić information content (AvgIpc) is 3.19. The minimum atomic E-state index is -4.96. The molecule has 138 valence electrons. The first-order chi connectivity index (χ1) is 12.2. The molecule has 1 fully saturated rings. The molecule has 2 heterocycles. The quantitative estimate of drug-likeness (QED) is 0.900. The van der Waals surface area contributed by atoms with E-state index in [2.05, 4.69) is 4.98 Å². The zero-order chi connectivity index (χ0) is 19.1. The number of carboxylic acids is 1. The number of carboxylic acid groups (broad SMARTS) is 1. The van der Waals surface area contributed by atoms with Gasteiger partial charge in [0.2, 0.25) is 0 Å². The van der Waals surface area contributed by atoms with Crippen LogP contribution in [0.3, 0.4) is 0 Å². The summed E-state index contributed by atoms with van der Waals surface area (Å²) in [6.07, 6.45) is -5.66. The van der Waals surface area contributed by atoms with Crippen LogP contribution in [0.15, 0.2) is 34.7 Å². The van der Waals surface area contributed by atoms with Gasteiger partial charge < -0.3 is 14.4 Å². The molecule has 1 N–H and O–H groups in total. The van der Waals surface area contributed by atoms with Gasteiger partial charge in [0, 0.05) is 25.6 Å². The molecule has 0 aliphatic carbocycles. The number of oxazole rings is 1. The molecule has 1 atom stereocenters. The SMILES string of the molecule is Cc1nc(C(=O)N2CCC(C(=O)O)(C(F)(F)F)C2)c(-c2ccccc2)o1. The lowest BCUT2D eigenvalue weighted by molar-refractivity contribution is -0.227. The van der Waals surface area contributed by atoms with E-state index in [0.717, 1.165) is 4.90 Å². The molecule has 0 spiro atoms. The Morgan fingerprint density at radius 1 is 1.27 bits per heavy atom. The standard InChI is InChI=1S/C17H15F3N2O4/c1-10-21-12(13(26-10)11-5-3-2-4-6-11)14(23)22-8-7-16(9-22,15(24)25)17(18,19)20/h2-6H,7-9H2,1H3,(H,24,25). The summed E-state index contributed by atoms with van der Waals surface area (Å²) in [5.41, 5.74) is -2.54.